The minimum atomic E-state index is 0.161. The molecular weight excluding hydrogens is 360 g/mol. The summed E-state index contributed by atoms with van der Waals surface area (Å²) in [5.74, 6) is 1.44. The van der Waals surface area contributed by atoms with Gasteiger partial charge in [0.15, 0.2) is 5.16 Å². The number of rotatable bonds is 5. The van der Waals surface area contributed by atoms with Crippen LogP contribution >= 0.6 is 11.8 Å². The van der Waals surface area contributed by atoms with Gasteiger partial charge in [0.1, 0.15) is 5.82 Å². The minimum absolute atomic E-state index is 0.161. The Hall–Kier alpha value is -2.61. The second kappa shape index (κ2) is 7.96. The highest BCUT2D eigenvalue weighted by atomic mass is 32.2. The van der Waals surface area contributed by atoms with Crippen molar-refractivity contribution >= 4 is 34.5 Å². The molecule has 7 nitrogen and oxygen atoms in total. The molecule has 3 heterocycles. The van der Waals surface area contributed by atoms with E-state index in [9.17, 15) is 4.79 Å². The summed E-state index contributed by atoms with van der Waals surface area (Å²) < 4.78 is 2.17. The highest BCUT2D eigenvalue weighted by Crippen LogP contribution is 2.24. The predicted molar refractivity (Wildman–Crippen MR) is 107 cm³/mol. The van der Waals surface area contributed by atoms with Crippen molar-refractivity contribution in [3.8, 4) is 0 Å². The zero-order valence-electron chi connectivity index (χ0n) is 15.3. The molecule has 140 valence electrons. The molecule has 1 saturated heterocycles. The van der Waals surface area contributed by atoms with Crippen LogP contribution in [0.4, 0.5) is 5.82 Å². The Morgan fingerprint density at radius 3 is 2.70 bits per heavy atom. The molecule has 0 saturated carbocycles. The van der Waals surface area contributed by atoms with Crippen molar-refractivity contribution in [2.75, 3.05) is 36.8 Å². The first kappa shape index (κ1) is 17.8. The van der Waals surface area contributed by atoms with Crippen molar-refractivity contribution < 1.29 is 4.79 Å². The lowest BCUT2D eigenvalue weighted by Gasteiger charge is -2.35. The quantitative estimate of drug-likeness (QED) is 0.631. The van der Waals surface area contributed by atoms with Gasteiger partial charge in [0.2, 0.25) is 5.91 Å². The van der Waals surface area contributed by atoms with Gasteiger partial charge in [-0.3, -0.25) is 9.78 Å². The number of imidazole rings is 1. The molecular formula is C19H22N6OS. The Kier molecular flexibility index (Phi) is 5.24. The number of piperazine rings is 1. The average Bonchev–Trinajstić information content (AvgIpc) is 3.10. The molecule has 0 radical (unpaired) electrons. The fourth-order valence-corrected chi connectivity index (χ4v) is 4.31. The third-order valence-electron chi connectivity index (χ3n) is 4.77. The van der Waals surface area contributed by atoms with Crippen molar-refractivity contribution in [3.05, 3.63) is 42.9 Å². The van der Waals surface area contributed by atoms with Gasteiger partial charge >= 0.3 is 0 Å². The molecule has 8 heteroatoms. The van der Waals surface area contributed by atoms with E-state index >= 15 is 0 Å². The topological polar surface area (TPSA) is 67.2 Å². The van der Waals surface area contributed by atoms with Gasteiger partial charge in [-0.2, -0.15) is 0 Å². The first-order chi connectivity index (χ1) is 13.3. The van der Waals surface area contributed by atoms with Crippen LogP contribution < -0.4 is 4.90 Å². The summed E-state index contributed by atoms with van der Waals surface area (Å²) in [6.45, 7) is 5.92. The fraction of sp³-hybridized carbons (Fsp3) is 0.368. The van der Waals surface area contributed by atoms with E-state index in [-0.39, 0.29) is 5.91 Å². The molecule has 0 bridgehead atoms. The zero-order valence-corrected chi connectivity index (χ0v) is 16.1. The predicted octanol–water partition coefficient (Wildman–Crippen LogP) is 2.29. The van der Waals surface area contributed by atoms with E-state index in [0.717, 1.165) is 41.6 Å². The summed E-state index contributed by atoms with van der Waals surface area (Å²) >= 11 is 1.52. The molecule has 2 aromatic heterocycles. The van der Waals surface area contributed by atoms with Gasteiger partial charge in [-0.15, -0.1) is 0 Å². The molecule has 0 atom stereocenters. The maximum absolute atomic E-state index is 12.7. The first-order valence-electron chi connectivity index (χ1n) is 9.13. The molecule has 0 N–H and O–H groups in total. The minimum Gasteiger partial charge on any atom is -0.352 e. The van der Waals surface area contributed by atoms with Crippen molar-refractivity contribution in [2.45, 2.75) is 18.6 Å². The van der Waals surface area contributed by atoms with Crippen LogP contribution in [0.1, 0.15) is 6.92 Å². The summed E-state index contributed by atoms with van der Waals surface area (Å²) in [4.78, 5) is 29.9. The Morgan fingerprint density at radius 1 is 1.15 bits per heavy atom. The molecule has 1 fully saturated rings. The normalized spacial score (nSPS) is 14.7. The highest BCUT2D eigenvalue weighted by molar-refractivity contribution is 7.99. The van der Waals surface area contributed by atoms with E-state index in [1.54, 1.807) is 18.6 Å². The van der Waals surface area contributed by atoms with Gasteiger partial charge in [0, 0.05) is 45.1 Å². The van der Waals surface area contributed by atoms with E-state index in [0.29, 0.717) is 18.8 Å². The van der Waals surface area contributed by atoms with Gasteiger partial charge in [0.05, 0.1) is 23.0 Å². The standard InChI is InChI=1S/C19H22N6OS/c1-2-25-16-6-4-3-5-15(16)22-19(25)27-14-18(26)24-11-9-23(10-12-24)17-13-20-7-8-21-17/h3-8,13H,2,9-12,14H2,1H3. The van der Waals surface area contributed by atoms with Crippen molar-refractivity contribution in [1.82, 2.24) is 24.4 Å². The van der Waals surface area contributed by atoms with Crippen molar-refractivity contribution in [3.63, 3.8) is 0 Å². The van der Waals surface area contributed by atoms with Crippen LogP contribution in [0.2, 0.25) is 0 Å². The number of hydrogen-bond donors (Lipinski definition) is 0. The number of benzene rings is 1. The molecule has 1 amide bonds. The molecule has 1 aromatic carbocycles. The molecule has 0 aliphatic carbocycles. The van der Waals surface area contributed by atoms with Gasteiger partial charge in [-0.05, 0) is 19.1 Å². The third-order valence-corrected chi connectivity index (χ3v) is 5.73. The Morgan fingerprint density at radius 2 is 1.96 bits per heavy atom. The van der Waals surface area contributed by atoms with Crippen LogP contribution in [0.25, 0.3) is 11.0 Å². The summed E-state index contributed by atoms with van der Waals surface area (Å²) in [7, 11) is 0. The lowest BCUT2D eigenvalue weighted by Crippen LogP contribution is -2.49. The van der Waals surface area contributed by atoms with E-state index in [2.05, 4.69) is 37.4 Å². The number of para-hydroxylation sites is 2. The average molecular weight is 382 g/mol. The third kappa shape index (κ3) is 3.75. The van der Waals surface area contributed by atoms with Crippen LogP contribution in [-0.4, -0.2) is 62.3 Å². The van der Waals surface area contributed by atoms with Crippen LogP contribution in [0.5, 0.6) is 0 Å². The summed E-state index contributed by atoms with van der Waals surface area (Å²) in [6, 6.07) is 8.10. The monoisotopic (exact) mass is 382 g/mol. The number of hydrogen-bond acceptors (Lipinski definition) is 6. The lowest BCUT2D eigenvalue weighted by atomic mass is 10.3. The molecule has 0 unspecified atom stereocenters. The Balaban J connectivity index is 1.35. The number of fused-ring (bicyclic) bond motifs is 1. The van der Waals surface area contributed by atoms with Crippen molar-refractivity contribution in [1.29, 1.82) is 0 Å². The molecule has 1 aliphatic rings. The van der Waals surface area contributed by atoms with Crippen LogP contribution in [0, 0.1) is 0 Å². The van der Waals surface area contributed by atoms with E-state index in [4.69, 9.17) is 0 Å². The van der Waals surface area contributed by atoms with E-state index in [1.807, 2.05) is 23.1 Å². The highest BCUT2D eigenvalue weighted by Gasteiger charge is 2.22. The van der Waals surface area contributed by atoms with E-state index in [1.165, 1.54) is 11.8 Å². The molecule has 1 aliphatic heterocycles. The number of nitrogens with zero attached hydrogens (tertiary/aromatic N) is 6. The van der Waals surface area contributed by atoms with Crippen LogP contribution in [-0.2, 0) is 11.3 Å². The van der Waals surface area contributed by atoms with Crippen molar-refractivity contribution in [2.24, 2.45) is 0 Å². The number of carbonyl (C=O) groups excluding carboxylic acids is 1. The number of aryl methyl sites for hydroxylation is 1. The smallest absolute Gasteiger partial charge is 0.233 e. The maximum atomic E-state index is 12.7. The van der Waals surface area contributed by atoms with Crippen LogP contribution in [0.15, 0.2) is 48.0 Å². The van der Waals surface area contributed by atoms with Gasteiger partial charge < -0.3 is 14.4 Å². The van der Waals surface area contributed by atoms with Crippen LogP contribution in [0.3, 0.4) is 0 Å². The van der Waals surface area contributed by atoms with E-state index < -0.39 is 0 Å². The first-order valence-corrected chi connectivity index (χ1v) is 10.1. The van der Waals surface area contributed by atoms with Gasteiger partial charge in [-0.25, -0.2) is 9.97 Å². The molecule has 27 heavy (non-hydrogen) atoms. The maximum Gasteiger partial charge on any atom is 0.233 e. The SMILES string of the molecule is CCn1c(SCC(=O)N2CCN(c3cnccn3)CC2)nc2ccccc21. The summed E-state index contributed by atoms with van der Waals surface area (Å²) in [6.07, 6.45) is 5.13. The summed E-state index contributed by atoms with van der Waals surface area (Å²) in [5.41, 5.74) is 2.10. The Bertz CT molecular complexity index is 920. The zero-order chi connectivity index (χ0) is 18.6. The van der Waals surface area contributed by atoms with Gasteiger partial charge in [-0.1, -0.05) is 23.9 Å². The lowest BCUT2D eigenvalue weighted by molar-refractivity contribution is -0.128. The number of aromatic nitrogens is 4. The fourth-order valence-electron chi connectivity index (χ4n) is 3.33. The second-order valence-electron chi connectivity index (χ2n) is 6.35. The number of anilines is 1. The number of thioether (sulfide) groups is 1. The Labute approximate surface area is 162 Å². The number of amides is 1. The second-order valence-corrected chi connectivity index (χ2v) is 7.29. The van der Waals surface area contributed by atoms with Gasteiger partial charge in [0.25, 0.3) is 0 Å². The summed E-state index contributed by atoms with van der Waals surface area (Å²) in [5, 5.41) is 0.908. The molecule has 0 spiro atoms. The molecule has 4 rings (SSSR count). The molecule has 3 aromatic rings. The largest absolute Gasteiger partial charge is 0.352 e. The number of carbonyl (C=O) groups is 1.